The van der Waals surface area contributed by atoms with Crippen molar-refractivity contribution in [2.24, 2.45) is 0 Å². The Morgan fingerprint density at radius 3 is 2.56 bits per heavy atom. The van der Waals surface area contributed by atoms with Gasteiger partial charge in [0.05, 0.1) is 4.47 Å². The second-order valence-electron chi connectivity index (χ2n) is 4.29. The second kappa shape index (κ2) is 6.08. The summed E-state index contributed by atoms with van der Waals surface area (Å²) in [6, 6.07) is 0. The maximum atomic E-state index is 11.6. The molecule has 0 bridgehead atoms. The molecule has 18 heavy (non-hydrogen) atoms. The lowest BCUT2D eigenvalue weighted by Crippen LogP contribution is -2.27. The molecule has 1 amide bonds. The summed E-state index contributed by atoms with van der Waals surface area (Å²) in [7, 11) is 0. The average Bonchev–Trinajstić information content (AvgIpc) is 2.21. The molecule has 0 saturated carbocycles. The Balaban J connectivity index is 2.90. The molecule has 1 aromatic rings. The molecule has 0 aliphatic rings. The zero-order valence-electron chi connectivity index (χ0n) is 10.4. The summed E-state index contributed by atoms with van der Waals surface area (Å²) in [5.41, 5.74) is -0.574. The molecule has 0 aliphatic heterocycles. The number of rotatable bonds is 2. The third-order valence-corrected chi connectivity index (χ3v) is 3.39. The van der Waals surface area contributed by atoms with Gasteiger partial charge in [0.2, 0.25) is 0 Å². The molecule has 1 aromatic heterocycles. The van der Waals surface area contributed by atoms with Crippen LogP contribution >= 0.6 is 39.3 Å². The summed E-state index contributed by atoms with van der Waals surface area (Å²) in [5, 5.41) is 3.23. The van der Waals surface area contributed by atoms with Crippen molar-refractivity contribution in [1.82, 2.24) is 9.97 Å². The molecule has 0 atom stereocenters. The van der Waals surface area contributed by atoms with Gasteiger partial charge in [-0.05, 0) is 43.0 Å². The van der Waals surface area contributed by atoms with Gasteiger partial charge in [0, 0.05) is 0 Å². The van der Waals surface area contributed by atoms with Gasteiger partial charge in [0.15, 0.2) is 11.0 Å². The number of halogens is 2. The fourth-order valence-corrected chi connectivity index (χ4v) is 1.84. The molecular weight excluding hydrogens is 342 g/mol. The summed E-state index contributed by atoms with van der Waals surface area (Å²) >= 11 is 10.5. The normalized spacial score (nSPS) is 11.2. The minimum absolute atomic E-state index is 0.236. The van der Waals surface area contributed by atoms with Gasteiger partial charge in [0.25, 0.3) is 0 Å². The lowest BCUT2D eigenvalue weighted by atomic mass is 10.2. The summed E-state index contributed by atoms with van der Waals surface area (Å²) in [6.07, 6.45) is 1.22. The Labute approximate surface area is 123 Å². The lowest BCUT2D eigenvalue weighted by molar-refractivity contribution is 0.0635. The van der Waals surface area contributed by atoms with E-state index in [1.165, 1.54) is 11.8 Å². The van der Waals surface area contributed by atoms with Crippen molar-refractivity contribution in [2.45, 2.75) is 31.5 Å². The summed E-state index contributed by atoms with van der Waals surface area (Å²) < 4.78 is 5.55. The number of aromatic nitrogens is 2. The second-order valence-corrected chi connectivity index (χ2v) is 6.22. The maximum absolute atomic E-state index is 11.6. The zero-order valence-corrected chi connectivity index (χ0v) is 13.5. The molecule has 100 valence electrons. The Bertz CT molecular complexity index is 465. The van der Waals surface area contributed by atoms with E-state index >= 15 is 0 Å². The molecule has 0 fully saturated rings. The van der Waals surface area contributed by atoms with Crippen LogP contribution in [0.4, 0.5) is 10.6 Å². The first-order valence-corrected chi connectivity index (χ1v) is 7.39. The highest BCUT2D eigenvalue weighted by Gasteiger charge is 2.19. The molecule has 0 radical (unpaired) electrons. The van der Waals surface area contributed by atoms with E-state index in [9.17, 15) is 4.79 Å². The first-order chi connectivity index (χ1) is 8.23. The van der Waals surface area contributed by atoms with Crippen LogP contribution < -0.4 is 5.32 Å². The highest BCUT2D eigenvalue weighted by molar-refractivity contribution is 9.10. The van der Waals surface area contributed by atoms with Crippen LogP contribution in [0.2, 0.25) is 5.15 Å². The van der Waals surface area contributed by atoms with Crippen LogP contribution in [-0.2, 0) is 4.74 Å². The number of amides is 1. The fourth-order valence-electron chi connectivity index (χ4n) is 0.975. The van der Waals surface area contributed by atoms with Crippen molar-refractivity contribution in [3.63, 3.8) is 0 Å². The van der Waals surface area contributed by atoms with Gasteiger partial charge in [-0.25, -0.2) is 14.8 Å². The van der Waals surface area contributed by atoms with Gasteiger partial charge >= 0.3 is 6.09 Å². The van der Waals surface area contributed by atoms with E-state index in [2.05, 4.69) is 31.2 Å². The number of nitrogens with one attached hydrogen (secondary N) is 1. The minimum Gasteiger partial charge on any atom is -0.444 e. The first kappa shape index (κ1) is 15.5. The molecule has 8 heteroatoms. The molecule has 1 N–H and O–H groups in total. The molecule has 0 aliphatic carbocycles. The van der Waals surface area contributed by atoms with Crippen LogP contribution in [0.15, 0.2) is 9.63 Å². The summed E-state index contributed by atoms with van der Waals surface area (Å²) in [6.45, 7) is 5.34. The molecule has 0 aromatic carbocycles. The number of nitrogens with zero attached hydrogens (tertiary/aromatic N) is 2. The Morgan fingerprint density at radius 2 is 2.06 bits per heavy atom. The molecule has 1 rings (SSSR count). The van der Waals surface area contributed by atoms with Crippen LogP contribution in [0.25, 0.3) is 0 Å². The maximum Gasteiger partial charge on any atom is 0.413 e. The predicted octanol–water partition coefficient (Wildman–Crippen LogP) is 3.96. The Kier molecular flexibility index (Phi) is 5.24. The monoisotopic (exact) mass is 353 g/mol. The third kappa shape index (κ3) is 4.62. The van der Waals surface area contributed by atoms with Crippen molar-refractivity contribution in [3.8, 4) is 0 Å². The third-order valence-electron chi connectivity index (χ3n) is 1.59. The van der Waals surface area contributed by atoms with Crippen LogP contribution in [0, 0.1) is 0 Å². The molecule has 1 heterocycles. The number of carbonyl (C=O) groups excluding carboxylic acids is 1. The first-order valence-electron chi connectivity index (χ1n) is 5.00. The van der Waals surface area contributed by atoms with Gasteiger partial charge in [0.1, 0.15) is 10.8 Å². The van der Waals surface area contributed by atoms with E-state index in [1.807, 2.05) is 6.26 Å². The van der Waals surface area contributed by atoms with Crippen molar-refractivity contribution in [2.75, 3.05) is 11.6 Å². The molecule has 0 unspecified atom stereocenters. The number of anilines is 1. The van der Waals surface area contributed by atoms with E-state index in [4.69, 9.17) is 16.3 Å². The van der Waals surface area contributed by atoms with Crippen molar-refractivity contribution < 1.29 is 9.53 Å². The zero-order chi connectivity index (χ0) is 13.9. The number of thioether (sulfide) groups is 1. The standard InChI is InChI=1S/C10H13BrClN3O2S/c1-10(2,3)17-9(16)15-7-5(11)6(12)13-8(14-7)18-4/h1-4H3,(H,13,14,15,16). The van der Waals surface area contributed by atoms with Crippen LogP contribution in [0.3, 0.4) is 0 Å². The van der Waals surface area contributed by atoms with Crippen molar-refractivity contribution >= 4 is 51.2 Å². The lowest BCUT2D eigenvalue weighted by Gasteiger charge is -2.19. The van der Waals surface area contributed by atoms with Gasteiger partial charge in [-0.2, -0.15) is 0 Å². The van der Waals surface area contributed by atoms with Crippen molar-refractivity contribution in [1.29, 1.82) is 0 Å². The quantitative estimate of drug-likeness (QED) is 0.495. The fraction of sp³-hybridized carbons (Fsp3) is 0.500. The summed E-state index contributed by atoms with van der Waals surface area (Å²) in [4.78, 5) is 19.8. The summed E-state index contributed by atoms with van der Waals surface area (Å²) in [5.74, 6) is 0.286. The molecule has 0 saturated heterocycles. The highest BCUT2D eigenvalue weighted by Crippen LogP contribution is 2.29. The smallest absolute Gasteiger partial charge is 0.413 e. The SMILES string of the molecule is CSc1nc(Cl)c(Br)c(NC(=O)OC(C)(C)C)n1. The number of hydrogen-bond acceptors (Lipinski definition) is 5. The van der Waals surface area contributed by atoms with Gasteiger partial charge in [-0.3, -0.25) is 5.32 Å². The van der Waals surface area contributed by atoms with Crippen LogP contribution in [-0.4, -0.2) is 27.9 Å². The number of carbonyl (C=O) groups is 1. The van der Waals surface area contributed by atoms with E-state index in [-0.39, 0.29) is 11.0 Å². The average molecular weight is 355 g/mol. The Hall–Kier alpha value is -0.530. The minimum atomic E-state index is -0.593. The number of hydrogen-bond donors (Lipinski definition) is 1. The topological polar surface area (TPSA) is 64.1 Å². The molecule has 5 nitrogen and oxygen atoms in total. The van der Waals surface area contributed by atoms with E-state index in [1.54, 1.807) is 20.8 Å². The van der Waals surface area contributed by atoms with Crippen LogP contribution in [0.1, 0.15) is 20.8 Å². The Morgan fingerprint density at radius 1 is 1.44 bits per heavy atom. The largest absolute Gasteiger partial charge is 0.444 e. The highest BCUT2D eigenvalue weighted by atomic mass is 79.9. The van der Waals surface area contributed by atoms with E-state index < -0.39 is 11.7 Å². The van der Waals surface area contributed by atoms with Gasteiger partial charge in [-0.15, -0.1) is 0 Å². The van der Waals surface area contributed by atoms with E-state index in [0.29, 0.717) is 9.63 Å². The number of ether oxygens (including phenoxy) is 1. The van der Waals surface area contributed by atoms with Gasteiger partial charge < -0.3 is 4.74 Å². The van der Waals surface area contributed by atoms with E-state index in [0.717, 1.165) is 0 Å². The predicted molar refractivity (Wildman–Crippen MR) is 76.4 cm³/mol. The molecule has 0 spiro atoms. The van der Waals surface area contributed by atoms with Crippen molar-refractivity contribution in [3.05, 3.63) is 9.63 Å². The molecular formula is C10H13BrClN3O2S. The van der Waals surface area contributed by atoms with Gasteiger partial charge in [-0.1, -0.05) is 23.4 Å². The van der Waals surface area contributed by atoms with Crippen LogP contribution in [0.5, 0.6) is 0 Å².